The molecule has 7 rings (SSSR count). The van der Waals surface area contributed by atoms with Crippen LogP contribution in [0.2, 0.25) is 0 Å². The van der Waals surface area contributed by atoms with Crippen molar-refractivity contribution in [2.75, 3.05) is 46.5 Å². The van der Waals surface area contributed by atoms with Gasteiger partial charge in [-0.05, 0) is 87.6 Å². The van der Waals surface area contributed by atoms with Gasteiger partial charge in [0.25, 0.3) is 5.56 Å². The number of fused-ring (bicyclic) bond motifs is 11. The molecule has 14 N–H and O–H groups in total. The molecule has 572 valence electrons. The number of amides is 9. The number of hydrogen-bond donors (Lipinski definition) is 14. The molecule has 0 unspecified atom stereocenters. The molecule has 2 aromatic carbocycles. The maximum atomic E-state index is 15.4. The van der Waals surface area contributed by atoms with E-state index in [0.29, 0.717) is 24.8 Å². The number of benzene rings is 2. The molecule has 4 bridgehead atoms. The molecule has 3 aromatic rings. The molecule has 0 spiro atoms. The highest BCUT2D eigenvalue weighted by atomic mass is 16.6. The molecule has 0 radical (unpaired) electrons. The number of carbonyl (C=O) groups excluding carboxylic acids is 11. The Morgan fingerprint density at radius 1 is 0.760 bits per heavy atom. The molecule has 0 aliphatic carbocycles. The number of aliphatic hydroxyl groups is 5. The fourth-order valence-corrected chi connectivity index (χ4v) is 11.4. The average molecular weight is 1460 g/mol. The van der Waals surface area contributed by atoms with Gasteiger partial charge in [0.05, 0.1) is 24.7 Å². The zero-order valence-electron chi connectivity index (χ0n) is 59.7. The van der Waals surface area contributed by atoms with Crippen LogP contribution in [0.25, 0.3) is 0 Å². The highest BCUT2D eigenvalue weighted by molar-refractivity contribution is 5.98. The molecule has 17 atom stereocenters. The minimum absolute atomic E-state index is 0.00528. The van der Waals surface area contributed by atoms with Gasteiger partial charge in [-0.1, -0.05) is 83.5 Å². The zero-order chi connectivity index (χ0) is 76.7. The summed E-state index contributed by atoms with van der Waals surface area (Å²) in [5, 5.41) is 75.8. The number of aliphatic hydroxyl groups excluding tert-OH is 4. The van der Waals surface area contributed by atoms with Crippen LogP contribution in [0, 0.1) is 17.8 Å². The predicted octanol–water partition coefficient (Wildman–Crippen LogP) is -2.64. The number of rotatable bonds is 24. The maximum Gasteiger partial charge on any atom is 0.332 e. The molecule has 5 heterocycles. The molecular weight excluding hydrogens is 1360 g/mol. The average Bonchev–Trinajstić information content (AvgIpc) is 1.66. The molecule has 9 amide bonds. The number of carbonyl (C=O) groups is 11. The van der Waals surface area contributed by atoms with Gasteiger partial charge in [-0.2, -0.15) is 0 Å². The number of unbranched alkanes of at least 4 members (excludes halogenated alkanes) is 2. The Balaban J connectivity index is 1.23. The van der Waals surface area contributed by atoms with E-state index < -0.39 is 199 Å². The van der Waals surface area contributed by atoms with E-state index in [1.807, 2.05) is 4.98 Å². The summed E-state index contributed by atoms with van der Waals surface area (Å²) in [4.78, 5) is 182. The number of hydrogen-bond acceptors (Lipinski definition) is 23. The molecule has 34 nitrogen and oxygen atoms in total. The second kappa shape index (κ2) is 39.4. The van der Waals surface area contributed by atoms with Crippen molar-refractivity contribution in [3.8, 4) is 5.75 Å². The molecule has 2 saturated heterocycles. The number of esters is 2. The summed E-state index contributed by atoms with van der Waals surface area (Å²) < 4.78 is 29.9. The Hall–Kier alpha value is -9.45. The molecule has 34 heteroatoms. The lowest BCUT2D eigenvalue weighted by atomic mass is 9.93. The Kier molecular flexibility index (Phi) is 31.7. The van der Waals surface area contributed by atoms with E-state index in [1.54, 1.807) is 58.0 Å². The van der Waals surface area contributed by atoms with Gasteiger partial charge >= 0.3 is 17.6 Å². The Morgan fingerprint density at radius 2 is 1.42 bits per heavy atom. The summed E-state index contributed by atoms with van der Waals surface area (Å²) in [6, 6.07) is 4.54. The largest absolute Gasteiger partial charge is 0.487 e. The van der Waals surface area contributed by atoms with Crippen LogP contribution in [-0.4, -0.2) is 230 Å². The van der Waals surface area contributed by atoms with E-state index in [2.05, 4.69) is 42.5 Å². The summed E-state index contributed by atoms with van der Waals surface area (Å²) in [7, 11) is 1.27. The molecular formula is C70H99N11O23. The third-order valence-electron chi connectivity index (χ3n) is 18.3. The first-order chi connectivity index (χ1) is 49.2. The van der Waals surface area contributed by atoms with E-state index in [-0.39, 0.29) is 69.0 Å². The van der Waals surface area contributed by atoms with Crippen LogP contribution >= 0.6 is 0 Å². The standard InChI is InChI=1S/C70H99N11O23/c1-10-38(4)54-63(93)79-57-44-22-24-45(25-23-44)103-42(8)70(99,36-100-31-16-12-15-29-71-49(83)20-17-21-50(84)72-33-48-59(89)60(90)67(104-48)81-30-27-52(86)75-69(81)98)28-26-51(85)73-34-53(87)101-35-46(68(97)102-41(7)56(65(95)76-54)78-61(91)39(5)58(88)37(2)3)74-64(94)55(40(6)82)77-62(92)47(80(9)66(57)96)32-43-18-13-11-14-19-43/h11,13-14,18-19,22-28,30,37-42,46-48,54-60,67,82,88-90,99H,10,12,15-17,20-21,29,31-36H2,1-9H3,(H,71,83)(H,72,84)(H,73,85)(H,74,94)(H,76,95)(H,77,92)(H,78,91)(H,79,93)(H,75,86,98)/b28-26+/t38-,39+,40+,41+,42-,46-,47-,48+,54+,55+,56-,57-,58+,59+,60+,67+,70+/m0/s1. The van der Waals surface area contributed by atoms with Gasteiger partial charge in [0.15, 0.2) is 12.3 Å². The van der Waals surface area contributed by atoms with Crippen LogP contribution in [0.4, 0.5) is 0 Å². The Bertz CT molecular complexity index is 3610. The van der Waals surface area contributed by atoms with Gasteiger partial charge in [-0.25, -0.2) is 9.59 Å². The van der Waals surface area contributed by atoms with E-state index in [4.69, 9.17) is 23.7 Å². The second-order valence-electron chi connectivity index (χ2n) is 26.6. The quantitative estimate of drug-likeness (QED) is 0.0322. The number of H-pyrrole nitrogens is 1. The fraction of sp³-hybridized carbons (Fsp3) is 0.586. The van der Waals surface area contributed by atoms with Crippen molar-refractivity contribution in [1.29, 1.82) is 0 Å². The second-order valence-corrected chi connectivity index (χ2v) is 26.6. The third-order valence-corrected chi connectivity index (χ3v) is 18.3. The summed E-state index contributed by atoms with van der Waals surface area (Å²) in [6.07, 6.45) is -6.68. The fourth-order valence-electron chi connectivity index (χ4n) is 11.4. The first-order valence-corrected chi connectivity index (χ1v) is 34.7. The lowest BCUT2D eigenvalue weighted by molar-refractivity contribution is -0.160. The topological polar surface area (TPSA) is 489 Å². The highest BCUT2D eigenvalue weighted by Crippen LogP contribution is 2.29. The van der Waals surface area contributed by atoms with Gasteiger partial charge in [0.2, 0.25) is 53.2 Å². The first-order valence-electron chi connectivity index (χ1n) is 34.7. The molecule has 2 fully saturated rings. The van der Waals surface area contributed by atoms with E-state index in [0.717, 1.165) is 40.8 Å². The number of ether oxygens (including phenoxy) is 5. The lowest BCUT2D eigenvalue weighted by Gasteiger charge is -2.34. The van der Waals surface area contributed by atoms with Gasteiger partial charge in [-0.3, -0.25) is 62.3 Å². The van der Waals surface area contributed by atoms with Crippen molar-refractivity contribution in [2.45, 2.75) is 198 Å². The minimum Gasteiger partial charge on any atom is -0.487 e. The number of nitrogens with one attached hydrogen (secondary N) is 9. The zero-order valence-corrected chi connectivity index (χ0v) is 59.7. The van der Waals surface area contributed by atoms with E-state index in [9.17, 15) is 78.3 Å². The number of nitrogens with zero attached hydrogens (tertiary/aromatic N) is 2. The van der Waals surface area contributed by atoms with Crippen molar-refractivity contribution in [3.63, 3.8) is 0 Å². The third kappa shape index (κ3) is 23.8. The van der Waals surface area contributed by atoms with Crippen LogP contribution in [0.3, 0.4) is 0 Å². The van der Waals surface area contributed by atoms with Crippen LogP contribution in [0.5, 0.6) is 5.75 Å². The molecule has 1 aromatic heterocycles. The first kappa shape index (κ1) is 83.5. The van der Waals surface area contributed by atoms with Gasteiger partial charge < -0.3 is 96.7 Å². The van der Waals surface area contributed by atoms with Crippen LogP contribution in [-0.2, 0) is 78.1 Å². The normalized spacial score (nSPS) is 27.2. The van der Waals surface area contributed by atoms with Crippen LogP contribution in [0.1, 0.15) is 124 Å². The smallest absolute Gasteiger partial charge is 0.332 e. The van der Waals surface area contributed by atoms with E-state index >= 15 is 9.59 Å². The molecule has 0 saturated carbocycles. The van der Waals surface area contributed by atoms with E-state index in [1.165, 1.54) is 52.1 Å². The van der Waals surface area contributed by atoms with Crippen molar-refractivity contribution >= 4 is 65.1 Å². The summed E-state index contributed by atoms with van der Waals surface area (Å²) >= 11 is 0. The van der Waals surface area contributed by atoms with Gasteiger partial charge in [0.1, 0.15) is 85.2 Å². The van der Waals surface area contributed by atoms with Crippen molar-refractivity contribution in [1.82, 2.24) is 57.0 Å². The number of cyclic esters (lactones) is 1. The predicted molar refractivity (Wildman–Crippen MR) is 368 cm³/mol. The SMILES string of the molecule is CC[C@H](C)[C@H]1NC(=O)[C@@H](NC(=O)[C@H](C)[C@H](O)C(C)C)[C@@H](C)OC(=O)[C@@H]2COC(=O)CNC(=O)/C=C/[C@@](O)(COCCCCCNC(=O)CCCC(=O)NC[C@H]3O[C@@H](n4ccc(=O)[nH]c4=O)[C@H](O)[C@@H]3O)[C@H](C)Oc3ccc(cc3)[C@H](NC1=O)C(=O)N(C)[C@@H](Cc1ccccc1)C(=O)N[C@H]([C@@H](C)O)C(=O)N2. The summed E-state index contributed by atoms with van der Waals surface area (Å²) in [5.41, 5.74) is -3.05. The van der Waals surface area contributed by atoms with Crippen molar-refractivity contribution in [2.24, 2.45) is 17.8 Å². The van der Waals surface area contributed by atoms with Crippen molar-refractivity contribution < 1.29 is 102 Å². The van der Waals surface area contributed by atoms with Gasteiger partial charge in [0, 0.05) is 64.3 Å². The lowest BCUT2D eigenvalue weighted by Crippen LogP contribution is -2.61. The van der Waals surface area contributed by atoms with Crippen LogP contribution in [0.15, 0.2) is 88.6 Å². The molecule has 104 heavy (non-hydrogen) atoms. The van der Waals surface area contributed by atoms with Crippen molar-refractivity contribution in [3.05, 3.63) is 111 Å². The monoisotopic (exact) mass is 1460 g/mol. The highest BCUT2D eigenvalue weighted by Gasteiger charge is 2.46. The molecule has 4 aliphatic heterocycles. The van der Waals surface area contributed by atoms with Crippen LogP contribution < -0.4 is 58.5 Å². The summed E-state index contributed by atoms with van der Waals surface area (Å²) in [6.45, 7) is 9.54. The minimum atomic E-state index is -2.12. The maximum absolute atomic E-state index is 15.4. The summed E-state index contributed by atoms with van der Waals surface area (Å²) in [5.74, 6) is -12.7. The Labute approximate surface area is 600 Å². The van der Waals surface area contributed by atoms with Gasteiger partial charge in [-0.15, -0.1) is 0 Å². The number of likely N-dealkylation sites (N-methyl/N-ethyl adjacent to an activating group) is 1. The number of aromatic nitrogens is 2. The Morgan fingerprint density at radius 3 is 2.08 bits per heavy atom. The molecule has 4 aliphatic rings. The number of aromatic amines is 1.